The molecule has 0 spiro atoms. The number of benzene rings is 1. The smallest absolute Gasteiger partial charge is 0.275 e. The number of aliphatic imine (C=N–C) groups is 1. The molecule has 0 unspecified atom stereocenters. The molecule has 4 heterocycles. The van der Waals surface area contributed by atoms with Crippen molar-refractivity contribution in [2.75, 3.05) is 0 Å². The molecule has 0 bridgehead atoms. The topological polar surface area (TPSA) is 81.7 Å². The van der Waals surface area contributed by atoms with Gasteiger partial charge in [0.05, 0.1) is 22.0 Å². The van der Waals surface area contributed by atoms with Gasteiger partial charge in [-0.3, -0.25) is 14.5 Å². The van der Waals surface area contributed by atoms with Crippen LogP contribution in [0.2, 0.25) is 5.02 Å². The van der Waals surface area contributed by atoms with Gasteiger partial charge in [-0.2, -0.15) is 18.3 Å². The van der Waals surface area contributed by atoms with E-state index in [9.17, 15) is 17.6 Å². The van der Waals surface area contributed by atoms with Crippen molar-refractivity contribution in [3.63, 3.8) is 0 Å². The SMILES string of the molecule is Fc1cccnc1C1=NCc2nnc(-c3cccnn3)n2-c2ccc(C(F)(F)F)c(Cl)c21. The van der Waals surface area contributed by atoms with E-state index in [1.165, 1.54) is 29.1 Å². The fourth-order valence-corrected chi connectivity index (χ4v) is 3.79. The minimum atomic E-state index is -4.74. The van der Waals surface area contributed by atoms with E-state index in [0.29, 0.717) is 11.5 Å². The highest BCUT2D eigenvalue weighted by atomic mass is 35.5. The second-order valence-corrected chi connectivity index (χ2v) is 7.08. The maximum absolute atomic E-state index is 14.6. The molecule has 4 aromatic rings. The Hall–Kier alpha value is -3.73. The summed E-state index contributed by atoms with van der Waals surface area (Å²) in [7, 11) is 0. The zero-order chi connectivity index (χ0) is 22.5. The third kappa shape index (κ3) is 3.21. The van der Waals surface area contributed by atoms with Crippen LogP contribution in [0.5, 0.6) is 0 Å². The van der Waals surface area contributed by atoms with Gasteiger partial charge in [0.2, 0.25) is 0 Å². The number of hydrogen-bond acceptors (Lipinski definition) is 6. The molecule has 5 rings (SSSR count). The van der Waals surface area contributed by atoms with E-state index >= 15 is 0 Å². The molecule has 7 nitrogen and oxygen atoms in total. The summed E-state index contributed by atoms with van der Waals surface area (Å²) in [5.74, 6) is -0.227. The van der Waals surface area contributed by atoms with Crippen LogP contribution in [0.15, 0.2) is 53.8 Å². The lowest BCUT2D eigenvalue weighted by molar-refractivity contribution is -0.137. The van der Waals surface area contributed by atoms with Gasteiger partial charge in [0.15, 0.2) is 17.5 Å². The first-order chi connectivity index (χ1) is 15.4. The number of halogens is 5. The fourth-order valence-electron chi connectivity index (χ4n) is 3.44. The Bertz CT molecular complexity index is 1370. The number of alkyl halides is 3. The standard InChI is InChI=1S/C20H10ClF4N7/c21-16-10(20(23,24)25)5-6-13-15(16)18(17-11(22)3-1-7-26-17)27-9-14-30-31-19(32(13)14)12-4-2-8-28-29-12/h1-8H,9H2. The van der Waals surface area contributed by atoms with E-state index in [1.807, 2.05) is 0 Å². The molecule has 12 heteroatoms. The molecule has 0 atom stereocenters. The molecule has 0 fully saturated rings. The van der Waals surface area contributed by atoms with E-state index < -0.39 is 22.6 Å². The van der Waals surface area contributed by atoms with Crippen LogP contribution in [-0.4, -0.2) is 35.7 Å². The van der Waals surface area contributed by atoms with Crippen molar-refractivity contribution in [2.45, 2.75) is 12.7 Å². The molecule has 0 saturated heterocycles. The zero-order valence-corrected chi connectivity index (χ0v) is 16.6. The lowest BCUT2D eigenvalue weighted by Crippen LogP contribution is -2.16. The Morgan fingerprint density at radius 2 is 1.78 bits per heavy atom. The second-order valence-electron chi connectivity index (χ2n) is 6.70. The molecule has 1 aromatic carbocycles. The predicted molar refractivity (Wildman–Crippen MR) is 106 cm³/mol. The average molecular weight is 460 g/mol. The molecule has 32 heavy (non-hydrogen) atoms. The van der Waals surface area contributed by atoms with Gasteiger partial charge < -0.3 is 0 Å². The third-order valence-electron chi connectivity index (χ3n) is 4.80. The van der Waals surface area contributed by atoms with Crippen molar-refractivity contribution < 1.29 is 17.6 Å². The molecule has 1 aliphatic rings. The Morgan fingerprint density at radius 3 is 2.50 bits per heavy atom. The van der Waals surface area contributed by atoms with Crippen molar-refractivity contribution in [3.8, 4) is 17.2 Å². The molecular formula is C20H10ClF4N7. The number of fused-ring (bicyclic) bond motifs is 3. The highest BCUT2D eigenvalue weighted by Crippen LogP contribution is 2.41. The normalized spacial score (nSPS) is 13.2. The number of nitrogens with zero attached hydrogens (tertiary/aromatic N) is 7. The lowest BCUT2D eigenvalue weighted by Gasteiger charge is -2.18. The van der Waals surface area contributed by atoms with E-state index in [-0.39, 0.29) is 35.0 Å². The Morgan fingerprint density at radius 1 is 0.969 bits per heavy atom. The van der Waals surface area contributed by atoms with Crippen molar-refractivity contribution in [1.82, 2.24) is 29.9 Å². The summed E-state index contributed by atoms with van der Waals surface area (Å²) in [5, 5.41) is 15.4. The number of hydrogen-bond donors (Lipinski definition) is 0. The van der Waals surface area contributed by atoms with Crippen molar-refractivity contribution in [3.05, 3.63) is 82.3 Å². The number of aromatic nitrogens is 6. The van der Waals surface area contributed by atoms with Crippen LogP contribution >= 0.6 is 11.6 Å². The maximum atomic E-state index is 14.6. The summed E-state index contributed by atoms with van der Waals surface area (Å²) in [5.41, 5.74) is -1.05. The number of pyridine rings is 1. The first-order valence-electron chi connectivity index (χ1n) is 9.14. The van der Waals surface area contributed by atoms with Gasteiger partial charge in [0.1, 0.15) is 17.9 Å². The maximum Gasteiger partial charge on any atom is 0.417 e. The minimum absolute atomic E-state index is 0.106. The Kier molecular flexibility index (Phi) is 4.70. The first kappa shape index (κ1) is 20.2. The molecule has 0 amide bonds. The molecule has 0 saturated carbocycles. The monoisotopic (exact) mass is 459 g/mol. The van der Waals surface area contributed by atoms with Crippen LogP contribution in [0.25, 0.3) is 17.2 Å². The molecule has 160 valence electrons. The van der Waals surface area contributed by atoms with Crippen LogP contribution in [0.3, 0.4) is 0 Å². The van der Waals surface area contributed by atoms with Crippen LogP contribution in [0.4, 0.5) is 17.6 Å². The van der Waals surface area contributed by atoms with Crippen LogP contribution in [0, 0.1) is 5.82 Å². The Labute approximate surface area is 182 Å². The van der Waals surface area contributed by atoms with E-state index in [0.717, 1.165) is 12.1 Å². The van der Waals surface area contributed by atoms with Gasteiger partial charge in [-0.1, -0.05) is 11.6 Å². The van der Waals surface area contributed by atoms with Gasteiger partial charge in [-0.15, -0.1) is 15.3 Å². The second kappa shape index (κ2) is 7.45. The fraction of sp³-hybridized carbons (Fsp3) is 0.100. The van der Waals surface area contributed by atoms with Crippen molar-refractivity contribution in [2.24, 2.45) is 4.99 Å². The summed E-state index contributed by atoms with van der Waals surface area (Å²) >= 11 is 6.28. The summed E-state index contributed by atoms with van der Waals surface area (Å²) in [6, 6.07) is 7.84. The molecule has 1 aliphatic heterocycles. The molecule has 3 aromatic heterocycles. The summed E-state index contributed by atoms with van der Waals surface area (Å²) in [6.45, 7) is -0.106. The van der Waals surface area contributed by atoms with Gasteiger partial charge >= 0.3 is 6.18 Å². The van der Waals surface area contributed by atoms with Crippen LogP contribution < -0.4 is 0 Å². The van der Waals surface area contributed by atoms with Crippen LogP contribution in [-0.2, 0) is 12.7 Å². The Balaban J connectivity index is 1.84. The summed E-state index contributed by atoms with van der Waals surface area (Å²) in [6.07, 6.45) is -1.96. The van der Waals surface area contributed by atoms with Crippen molar-refractivity contribution in [1.29, 1.82) is 0 Å². The quantitative estimate of drug-likeness (QED) is 0.418. The summed E-state index contributed by atoms with van der Waals surface area (Å²) in [4.78, 5) is 8.32. The molecule has 0 radical (unpaired) electrons. The lowest BCUT2D eigenvalue weighted by atomic mass is 10.00. The largest absolute Gasteiger partial charge is 0.417 e. The number of rotatable bonds is 2. The first-order valence-corrected chi connectivity index (χ1v) is 9.52. The zero-order valence-electron chi connectivity index (χ0n) is 15.8. The highest BCUT2D eigenvalue weighted by Gasteiger charge is 2.37. The average Bonchev–Trinajstić information content (AvgIpc) is 3.12. The van der Waals surface area contributed by atoms with Crippen LogP contribution in [0.1, 0.15) is 22.6 Å². The van der Waals surface area contributed by atoms with Gasteiger partial charge in [-0.25, -0.2) is 4.39 Å². The minimum Gasteiger partial charge on any atom is -0.275 e. The molecule has 0 aliphatic carbocycles. The van der Waals surface area contributed by atoms with Crippen molar-refractivity contribution >= 4 is 17.3 Å². The van der Waals surface area contributed by atoms with Gasteiger partial charge in [-0.05, 0) is 36.4 Å². The van der Waals surface area contributed by atoms with Gasteiger partial charge in [0, 0.05) is 18.0 Å². The summed E-state index contributed by atoms with van der Waals surface area (Å²) < 4.78 is 57.0. The van der Waals surface area contributed by atoms with E-state index in [4.69, 9.17) is 11.6 Å². The van der Waals surface area contributed by atoms with Gasteiger partial charge in [0.25, 0.3) is 0 Å². The van der Waals surface area contributed by atoms with E-state index in [2.05, 4.69) is 30.4 Å². The third-order valence-corrected chi connectivity index (χ3v) is 5.19. The van der Waals surface area contributed by atoms with E-state index in [1.54, 1.807) is 12.1 Å². The highest BCUT2D eigenvalue weighted by molar-refractivity contribution is 6.37. The molecular weight excluding hydrogens is 450 g/mol. The molecule has 0 N–H and O–H groups in total. The predicted octanol–water partition coefficient (Wildman–Crippen LogP) is 4.28.